The molecule has 37 heavy (non-hydrogen) atoms. The summed E-state index contributed by atoms with van der Waals surface area (Å²) in [6, 6.07) is 10.7. The molecule has 0 spiro atoms. The van der Waals surface area contributed by atoms with Gasteiger partial charge in [0.1, 0.15) is 18.3 Å². The maximum Gasteiger partial charge on any atom is 0.264 e. The number of carbonyl (C=O) groups excluding carboxylic acids is 1. The van der Waals surface area contributed by atoms with Crippen LogP contribution in [0.4, 0.5) is 18.9 Å². The van der Waals surface area contributed by atoms with Gasteiger partial charge in [-0.15, -0.1) is 10.2 Å². The predicted octanol–water partition coefficient (Wildman–Crippen LogP) is 5.36. The molecule has 9 heteroatoms. The summed E-state index contributed by atoms with van der Waals surface area (Å²) in [6.45, 7) is 2.65. The Morgan fingerprint density at radius 1 is 1.19 bits per heavy atom. The van der Waals surface area contributed by atoms with E-state index in [1.54, 1.807) is 27.9 Å². The Hall–Kier alpha value is -3.20. The van der Waals surface area contributed by atoms with Crippen LogP contribution in [0.15, 0.2) is 42.7 Å². The number of halogens is 3. The molecule has 2 aliphatic carbocycles. The van der Waals surface area contributed by atoms with Crippen LogP contribution in [0.3, 0.4) is 0 Å². The molecule has 1 N–H and O–H groups in total. The van der Waals surface area contributed by atoms with Gasteiger partial charge in [-0.25, -0.2) is 13.2 Å². The predicted molar refractivity (Wildman–Crippen MR) is 133 cm³/mol. The summed E-state index contributed by atoms with van der Waals surface area (Å²) < 4.78 is 44.2. The average Bonchev–Trinajstić information content (AvgIpc) is 3.42. The number of aryl methyl sites for hydroxylation is 1. The van der Waals surface area contributed by atoms with Gasteiger partial charge in [0.05, 0.1) is 12.0 Å². The van der Waals surface area contributed by atoms with Crippen LogP contribution in [0, 0.1) is 0 Å². The molecule has 3 aliphatic rings. The summed E-state index contributed by atoms with van der Waals surface area (Å²) >= 11 is 0. The van der Waals surface area contributed by atoms with Crippen LogP contribution in [-0.2, 0) is 25.6 Å². The molecule has 2 saturated carbocycles. The summed E-state index contributed by atoms with van der Waals surface area (Å²) in [5.41, 5.74) is 2.13. The summed E-state index contributed by atoms with van der Waals surface area (Å²) in [5.74, 6) is 0.377. The molecule has 1 aliphatic heterocycles. The lowest BCUT2D eigenvalue weighted by Crippen LogP contribution is -2.47. The zero-order valence-electron chi connectivity index (χ0n) is 21.0. The third kappa shape index (κ3) is 3.95. The molecule has 0 unspecified atom stereocenters. The Balaban J connectivity index is 1.32. The SMILES string of the molecule is Cn1cnnc1[C@]1(c2cccc(N3Cc4c(cc(CNC5(C)CCC5)cc4C(F)F)C3=O)c2)C[C@@H](F)C1. The van der Waals surface area contributed by atoms with Crippen molar-refractivity contribution < 1.29 is 18.0 Å². The molecule has 2 fully saturated rings. The maximum absolute atomic E-state index is 14.2. The number of hydrogen-bond donors (Lipinski definition) is 1. The van der Waals surface area contributed by atoms with Crippen molar-refractivity contribution in [1.82, 2.24) is 20.1 Å². The molecule has 2 heterocycles. The van der Waals surface area contributed by atoms with Crippen molar-refractivity contribution in [3.8, 4) is 0 Å². The Bertz CT molecular complexity index is 1360. The minimum atomic E-state index is -2.68. The van der Waals surface area contributed by atoms with Gasteiger partial charge in [0.25, 0.3) is 12.3 Å². The average molecular weight is 510 g/mol. The van der Waals surface area contributed by atoms with Crippen molar-refractivity contribution in [3.63, 3.8) is 0 Å². The van der Waals surface area contributed by atoms with Gasteiger partial charge in [0.2, 0.25) is 0 Å². The lowest BCUT2D eigenvalue weighted by molar-refractivity contribution is 0.0995. The molecule has 1 amide bonds. The fraction of sp³-hybridized carbons (Fsp3) is 0.464. The number of fused-ring (bicyclic) bond motifs is 1. The number of rotatable bonds is 7. The quantitative estimate of drug-likeness (QED) is 0.466. The third-order valence-electron chi connectivity index (χ3n) is 8.54. The van der Waals surface area contributed by atoms with E-state index in [1.807, 2.05) is 25.2 Å². The minimum Gasteiger partial charge on any atom is -0.320 e. The highest BCUT2D eigenvalue weighted by molar-refractivity contribution is 6.10. The normalized spacial score (nSPS) is 24.2. The fourth-order valence-electron chi connectivity index (χ4n) is 6.14. The van der Waals surface area contributed by atoms with Crippen molar-refractivity contribution >= 4 is 11.6 Å². The molecular formula is C28H30F3N5O. The van der Waals surface area contributed by atoms with Crippen LogP contribution in [0.2, 0.25) is 0 Å². The molecule has 6 nitrogen and oxygen atoms in total. The summed E-state index contributed by atoms with van der Waals surface area (Å²) in [4.78, 5) is 15.1. The Labute approximate surface area is 213 Å². The number of carbonyl (C=O) groups is 1. The van der Waals surface area contributed by atoms with Crippen molar-refractivity contribution in [1.29, 1.82) is 0 Å². The van der Waals surface area contributed by atoms with Crippen molar-refractivity contribution in [2.75, 3.05) is 4.90 Å². The van der Waals surface area contributed by atoms with Crippen LogP contribution >= 0.6 is 0 Å². The third-order valence-corrected chi connectivity index (χ3v) is 8.54. The zero-order chi connectivity index (χ0) is 25.9. The van der Waals surface area contributed by atoms with Crippen LogP contribution in [0.25, 0.3) is 0 Å². The Morgan fingerprint density at radius 3 is 2.59 bits per heavy atom. The molecule has 0 bridgehead atoms. The van der Waals surface area contributed by atoms with E-state index < -0.39 is 18.0 Å². The number of aromatic nitrogens is 3. The first-order chi connectivity index (χ1) is 17.7. The molecule has 0 radical (unpaired) electrons. The number of amides is 1. The molecule has 0 saturated heterocycles. The van der Waals surface area contributed by atoms with Gasteiger partial charge in [-0.1, -0.05) is 12.1 Å². The number of hydrogen-bond acceptors (Lipinski definition) is 4. The van der Waals surface area contributed by atoms with Gasteiger partial charge in [-0.2, -0.15) is 0 Å². The first-order valence-electron chi connectivity index (χ1n) is 12.8. The van der Waals surface area contributed by atoms with E-state index in [9.17, 15) is 18.0 Å². The number of alkyl halides is 3. The van der Waals surface area contributed by atoms with Crippen molar-refractivity contribution in [2.24, 2.45) is 7.05 Å². The molecular weight excluding hydrogens is 479 g/mol. The standard InChI is InChI=1S/C28H30F3N5O/c1-27(7-4-8-27)32-14-17-9-21(24(30)31)23-15-36(25(37)22(23)10-17)20-6-3-5-18(11-20)28(12-19(29)13-28)26-34-33-16-35(26)2/h3,5-6,9-11,16,19,24,32H,4,7-8,12-15H2,1-2H3/t19-,28-. The highest BCUT2D eigenvalue weighted by atomic mass is 19.3. The van der Waals surface area contributed by atoms with E-state index in [0.717, 1.165) is 24.8 Å². The van der Waals surface area contributed by atoms with E-state index in [0.29, 0.717) is 34.7 Å². The second-order valence-electron chi connectivity index (χ2n) is 11.1. The summed E-state index contributed by atoms with van der Waals surface area (Å²) in [6.07, 6.45) is 1.81. The molecule has 0 atom stereocenters. The van der Waals surface area contributed by atoms with Gasteiger partial charge >= 0.3 is 0 Å². The van der Waals surface area contributed by atoms with E-state index >= 15 is 0 Å². The topological polar surface area (TPSA) is 63.1 Å². The highest BCUT2D eigenvalue weighted by Gasteiger charge is 2.50. The second kappa shape index (κ2) is 8.68. The van der Waals surface area contributed by atoms with Crippen molar-refractivity contribution in [3.05, 3.63) is 76.4 Å². The molecule has 3 aromatic rings. The fourth-order valence-corrected chi connectivity index (χ4v) is 6.14. The van der Waals surface area contributed by atoms with Crippen LogP contribution < -0.4 is 10.2 Å². The van der Waals surface area contributed by atoms with E-state index in [-0.39, 0.29) is 36.4 Å². The Morgan fingerprint density at radius 2 is 1.97 bits per heavy atom. The summed E-state index contributed by atoms with van der Waals surface area (Å²) in [5, 5.41) is 11.7. The lowest BCUT2D eigenvalue weighted by Gasteiger charge is -2.43. The van der Waals surface area contributed by atoms with Gasteiger partial charge in [-0.05, 0) is 80.0 Å². The molecule has 1 aromatic heterocycles. The van der Waals surface area contributed by atoms with Gasteiger partial charge < -0.3 is 14.8 Å². The monoisotopic (exact) mass is 509 g/mol. The maximum atomic E-state index is 14.2. The van der Waals surface area contributed by atoms with Crippen LogP contribution in [0.5, 0.6) is 0 Å². The van der Waals surface area contributed by atoms with Gasteiger partial charge in [0.15, 0.2) is 0 Å². The summed E-state index contributed by atoms with van der Waals surface area (Å²) in [7, 11) is 1.83. The second-order valence-corrected chi connectivity index (χ2v) is 11.1. The van der Waals surface area contributed by atoms with E-state index in [1.165, 1.54) is 6.07 Å². The largest absolute Gasteiger partial charge is 0.320 e. The number of benzene rings is 2. The van der Waals surface area contributed by atoms with Crippen LogP contribution in [-0.4, -0.2) is 32.4 Å². The number of nitrogens with one attached hydrogen (secondary N) is 1. The Kier molecular flexibility index (Phi) is 5.67. The van der Waals surface area contributed by atoms with Crippen LogP contribution in [0.1, 0.15) is 83.9 Å². The van der Waals surface area contributed by atoms with Gasteiger partial charge in [-0.3, -0.25) is 4.79 Å². The minimum absolute atomic E-state index is 0.0271. The highest BCUT2D eigenvalue weighted by Crippen LogP contribution is 2.50. The number of nitrogens with zero attached hydrogens (tertiary/aromatic N) is 4. The van der Waals surface area contributed by atoms with Crippen molar-refractivity contribution in [2.45, 2.75) is 75.7 Å². The first-order valence-corrected chi connectivity index (χ1v) is 12.8. The molecule has 194 valence electrons. The lowest BCUT2D eigenvalue weighted by atomic mass is 9.62. The van der Waals surface area contributed by atoms with E-state index in [2.05, 4.69) is 22.4 Å². The zero-order valence-corrected chi connectivity index (χ0v) is 21.0. The molecule has 2 aromatic carbocycles. The van der Waals surface area contributed by atoms with E-state index in [4.69, 9.17) is 0 Å². The molecule has 6 rings (SSSR count). The smallest absolute Gasteiger partial charge is 0.264 e. The number of anilines is 1. The van der Waals surface area contributed by atoms with Gasteiger partial charge in [0, 0.05) is 35.9 Å². The first kappa shape index (κ1) is 24.2.